The van der Waals surface area contributed by atoms with Crippen molar-refractivity contribution in [1.29, 1.82) is 0 Å². The fourth-order valence-corrected chi connectivity index (χ4v) is 3.54. The fourth-order valence-electron chi connectivity index (χ4n) is 2.51. The largest absolute Gasteiger partial charge is 0.384 e. The van der Waals surface area contributed by atoms with E-state index >= 15 is 0 Å². The van der Waals surface area contributed by atoms with E-state index in [1.165, 1.54) is 32.1 Å². The van der Waals surface area contributed by atoms with Crippen LogP contribution in [0.1, 0.15) is 26.4 Å². The highest BCUT2D eigenvalue weighted by Gasteiger charge is 2.09. The summed E-state index contributed by atoms with van der Waals surface area (Å²) in [6.45, 7) is 7.35. The van der Waals surface area contributed by atoms with E-state index in [1.807, 2.05) is 11.3 Å². The minimum absolute atomic E-state index is 0.935. The molecule has 3 rings (SSSR count). The van der Waals surface area contributed by atoms with Crippen LogP contribution in [0.4, 0.5) is 5.69 Å². The van der Waals surface area contributed by atoms with Crippen molar-refractivity contribution in [3.05, 3.63) is 50.7 Å². The van der Waals surface area contributed by atoms with Gasteiger partial charge in [0.15, 0.2) is 0 Å². The summed E-state index contributed by atoms with van der Waals surface area (Å²) in [6.07, 6.45) is 1.16. The van der Waals surface area contributed by atoms with Crippen LogP contribution in [0, 0.1) is 13.8 Å². The molecular weight excluding hydrogens is 252 g/mol. The summed E-state index contributed by atoms with van der Waals surface area (Å²) < 4.78 is 0. The number of hydrogen-bond acceptors (Lipinski definition) is 3. The Hall–Kier alpha value is -1.32. The monoisotopic (exact) mass is 272 g/mol. The maximum absolute atomic E-state index is 3.53. The average molecular weight is 272 g/mol. The zero-order chi connectivity index (χ0) is 13.2. The molecule has 0 saturated heterocycles. The lowest BCUT2D eigenvalue weighted by Crippen LogP contribution is -2.11. The van der Waals surface area contributed by atoms with Gasteiger partial charge in [-0.2, -0.15) is 0 Å². The highest BCUT2D eigenvalue weighted by Crippen LogP contribution is 2.23. The van der Waals surface area contributed by atoms with Gasteiger partial charge in [-0.05, 0) is 49.1 Å². The molecule has 2 aromatic rings. The van der Waals surface area contributed by atoms with E-state index in [-0.39, 0.29) is 0 Å². The highest BCUT2D eigenvalue weighted by atomic mass is 32.1. The second-order valence-electron chi connectivity index (χ2n) is 5.22. The van der Waals surface area contributed by atoms with Crippen molar-refractivity contribution >= 4 is 17.0 Å². The second-order valence-corrected chi connectivity index (χ2v) is 6.56. The summed E-state index contributed by atoms with van der Waals surface area (Å²) >= 11 is 1.89. The van der Waals surface area contributed by atoms with Crippen LogP contribution in [0.15, 0.2) is 24.3 Å². The van der Waals surface area contributed by atoms with E-state index < -0.39 is 0 Å². The summed E-state index contributed by atoms with van der Waals surface area (Å²) in [5.41, 5.74) is 5.54. The molecule has 100 valence electrons. The van der Waals surface area contributed by atoms with Gasteiger partial charge >= 0.3 is 0 Å². The quantitative estimate of drug-likeness (QED) is 0.888. The van der Waals surface area contributed by atoms with Crippen LogP contribution in [-0.2, 0) is 19.5 Å². The standard InChI is InChI=1S/C16H20N2S/c1-11-7-15(19-12(11)2)10-17-9-13-3-4-14-5-6-18-16(14)8-13/h3-4,7-8,17-18H,5-6,9-10H2,1-2H3. The highest BCUT2D eigenvalue weighted by molar-refractivity contribution is 7.12. The molecule has 0 radical (unpaired) electrons. The van der Waals surface area contributed by atoms with E-state index in [1.54, 1.807) is 0 Å². The molecule has 2 N–H and O–H groups in total. The molecule has 2 heterocycles. The lowest BCUT2D eigenvalue weighted by Gasteiger charge is -2.06. The second kappa shape index (κ2) is 5.35. The maximum Gasteiger partial charge on any atom is 0.0376 e. The van der Waals surface area contributed by atoms with Crippen LogP contribution in [-0.4, -0.2) is 6.54 Å². The first kappa shape index (κ1) is 12.7. The van der Waals surface area contributed by atoms with Gasteiger partial charge in [-0.15, -0.1) is 11.3 Å². The van der Waals surface area contributed by atoms with Gasteiger partial charge in [0.2, 0.25) is 0 Å². The molecule has 3 heteroatoms. The molecule has 0 saturated carbocycles. The third kappa shape index (κ3) is 2.82. The van der Waals surface area contributed by atoms with E-state index in [0.29, 0.717) is 0 Å². The van der Waals surface area contributed by atoms with Crippen molar-refractivity contribution in [2.24, 2.45) is 0 Å². The SMILES string of the molecule is Cc1cc(CNCc2ccc3c(c2)NCC3)sc1C. The average Bonchev–Trinajstić information content (AvgIpc) is 2.96. The fraction of sp³-hybridized carbons (Fsp3) is 0.375. The molecule has 0 fully saturated rings. The molecule has 1 aliphatic heterocycles. The Morgan fingerprint density at radius 3 is 2.89 bits per heavy atom. The van der Waals surface area contributed by atoms with Crippen molar-refractivity contribution in [2.75, 3.05) is 11.9 Å². The number of nitrogens with one attached hydrogen (secondary N) is 2. The maximum atomic E-state index is 3.53. The summed E-state index contributed by atoms with van der Waals surface area (Å²) in [6, 6.07) is 9.06. The summed E-state index contributed by atoms with van der Waals surface area (Å²) in [7, 11) is 0. The predicted molar refractivity (Wildman–Crippen MR) is 83.0 cm³/mol. The Morgan fingerprint density at radius 2 is 2.11 bits per heavy atom. The Bertz CT molecular complexity index is 567. The normalized spacial score (nSPS) is 13.4. The summed E-state index contributed by atoms with van der Waals surface area (Å²) in [5, 5.41) is 6.97. The van der Waals surface area contributed by atoms with E-state index in [9.17, 15) is 0 Å². The van der Waals surface area contributed by atoms with Gasteiger partial charge in [0.25, 0.3) is 0 Å². The lowest BCUT2D eigenvalue weighted by atomic mass is 10.1. The molecule has 2 nitrogen and oxygen atoms in total. The summed E-state index contributed by atoms with van der Waals surface area (Å²) in [5.74, 6) is 0. The van der Waals surface area contributed by atoms with E-state index in [0.717, 1.165) is 26.1 Å². The number of hydrogen-bond donors (Lipinski definition) is 2. The van der Waals surface area contributed by atoms with Crippen LogP contribution in [0.25, 0.3) is 0 Å². The number of anilines is 1. The molecule has 0 unspecified atom stereocenters. The Kier molecular flexibility index (Phi) is 3.58. The predicted octanol–water partition coefficient (Wildman–Crippen LogP) is 3.62. The Labute approximate surface area is 118 Å². The molecular formula is C16H20N2S. The van der Waals surface area contributed by atoms with Crippen molar-refractivity contribution in [1.82, 2.24) is 5.32 Å². The third-order valence-electron chi connectivity index (χ3n) is 3.73. The van der Waals surface area contributed by atoms with Crippen LogP contribution < -0.4 is 10.6 Å². The first-order valence-corrected chi connectivity index (χ1v) is 7.66. The zero-order valence-electron chi connectivity index (χ0n) is 11.5. The first-order chi connectivity index (χ1) is 9.22. The molecule has 19 heavy (non-hydrogen) atoms. The molecule has 1 aliphatic rings. The Morgan fingerprint density at radius 1 is 1.21 bits per heavy atom. The van der Waals surface area contributed by atoms with Crippen molar-refractivity contribution in [3.8, 4) is 0 Å². The van der Waals surface area contributed by atoms with E-state index in [4.69, 9.17) is 0 Å². The van der Waals surface area contributed by atoms with Crippen LogP contribution in [0.3, 0.4) is 0 Å². The van der Waals surface area contributed by atoms with Gasteiger partial charge in [0.1, 0.15) is 0 Å². The van der Waals surface area contributed by atoms with Crippen molar-refractivity contribution in [2.45, 2.75) is 33.4 Å². The molecule has 1 aromatic carbocycles. The first-order valence-electron chi connectivity index (χ1n) is 6.84. The van der Waals surface area contributed by atoms with Gasteiger partial charge in [-0.3, -0.25) is 0 Å². The van der Waals surface area contributed by atoms with Gasteiger partial charge in [0.05, 0.1) is 0 Å². The smallest absolute Gasteiger partial charge is 0.0376 e. The van der Waals surface area contributed by atoms with Crippen molar-refractivity contribution < 1.29 is 0 Å². The molecule has 0 bridgehead atoms. The molecule has 0 spiro atoms. The Balaban J connectivity index is 1.57. The number of benzene rings is 1. The minimum atomic E-state index is 0.935. The number of aryl methyl sites for hydroxylation is 2. The van der Waals surface area contributed by atoms with Gasteiger partial charge in [-0.25, -0.2) is 0 Å². The van der Waals surface area contributed by atoms with Crippen LogP contribution in [0.2, 0.25) is 0 Å². The number of fused-ring (bicyclic) bond motifs is 1. The molecule has 0 atom stereocenters. The van der Waals surface area contributed by atoms with Crippen LogP contribution >= 0.6 is 11.3 Å². The lowest BCUT2D eigenvalue weighted by molar-refractivity contribution is 0.701. The van der Waals surface area contributed by atoms with Gasteiger partial charge in [-0.1, -0.05) is 12.1 Å². The van der Waals surface area contributed by atoms with Gasteiger partial charge in [0, 0.05) is 35.1 Å². The minimum Gasteiger partial charge on any atom is -0.384 e. The molecule has 1 aromatic heterocycles. The van der Waals surface area contributed by atoms with E-state index in [2.05, 4.69) is 48.7 Å². The van der Waals surface area contributed by atoms with Crippen molar-refractivity contribution in [3.63, 3.8) is 0 Å². The third-order valence-corrected chi connectivity index (χ3v) is 4.88. The summed E-state index contributed by atoms with van der Waals surface area (Å²) in [4.78, 5) is 2.85. The topological polar surface area (TPSA) is 24.1 Å². The van der Waals surface area contributed by atoms with Crippen LogP contribution in [0.5, 0.6) is 0 Å². The molecule has 0 amide bonds. The zero-order valence-corrected chi connectivity index (χ0v) is 12.4. The molecule has 0 aliphatic carbocycles. The van der Waals surface area contributed by atoms with Gasteiger partial charge < -0.3 is 10.6 Å². The number of rotatable bonds is 4. The number of thiophene rings is 1.